The standard InChI is InChI=1S/C15H17N3O6S/c1-7-11-13(21)16-6-17-15(11)25-12(7)14(22)18-8-4-23-3-2-9(8)24-5-10(19)20/h6,8-9H,2-5H2,1H3,(H,18,22)(H,19,20)(H,16,17,21)/t8-,9+/m1/s1. The number of aromatic nitrogens is 2. The second kappa shape index (κ2) is 7.30. The minimum absolute atomic E-state index is 0.235. The Morgan fingerprint density at radius 1 is 1.56 bits per heavy atom. The van der Waals surface area contributed by atoms with Crippen LogP contribution in [-0.2, 0) is 14.3 Å². The molecule has 0 radical (unpaired) electrons. The van der Waals surface area contributed by atoms with Crippen molar-refractivity contribution < 1.29 is 24.2 Å². The third-order valence-electron chi connectivity index (χ3n) is 3.97. The van der Waals surface area contributed by atoms with E-state index < -0.39 is 24.7 Å². The van der Waals surface area contributed by atoms with Gasteiger partial charge in [0.1, 0.15) is 11.4 Å². The van der Waals surface area contributed by atoms with Crippen molar-refractivity contribution in [2.75, 3.05) is 19.8 Å². The minimum Gasteiger partial charge on any atom is -0.480 e. The summed E-state index contributed by atoms with van der Waals surface area (Å²) in [6.45, 7) is 1.94. The third kappa shape index (κ3) is 3.70. The highest BCUT2D eigenvalue weighted by Gasteiger charge is 2.30. The number of carboxylic acids is 1. The molecule has 1 amide bonds. The van der Waals surface area contributed by atoms with E-state index in [2.05, 4.69) is 15.3 Å². The fraction of sp³-hybridized carbons (Fsp3) is 0.467. The lowest BCUT2D eigenvalue weighted by atomic mass is 10.1. The van der Waals surface area contributed by atoms with Crippen LogP contribution >= 0.6 is 11.3 Å². The van der Waals surface area contributed by atoms with Gasteiger partial charge in [0.2, 0.25) is 0 Å². The molecule has 3 rings (SSSR count). The monoisotopic (exact) mass is 367 g/mol. The first-order valence-electron chi connectivity index (χ1n) is 7.66. The number of hydrogen-bond acceptors (Lipinski definition) is 7. The molecule has 1 fully saturated rings. The molecule has 9 nitrogen and oxygen atoms in total. The lowest BCUT2D eigenvalue weighted by Crippen LogP contribution is -2.50. The van der Waals surface area contributed by atoms with Crippen LogP contribution in [0.1, 0.15) is 21.7 Å². The van der Waals surface area contributed by atoms with Gasteiger partial charge in [-0.1, -0.05) is 0 Å². The van der Waals surface area contributed by atoms with Crippen LogP contribution < -0.4 is 10.9 Å². The van der Waals surface area contributed by atoms with Crippen LogP contribution in [0.3, 0.4) is 0 Å². The van der Waals surface area contributed by atoms with Crippen LogP contribution in [-0.4, -0.2) is 58.9 Å². The van der Waals surface area contributed by atoms with Crippen LogP contribution in [0.4, 0.5) is 0 Å². The normalized spacial score (nSPS) is 20.5. The Morgan fingerprint density at radius 2 is 2.36 bits per heavy atom. The second-order valence-electron chi connectivity index (χ2n) is 5.65. The number of thiophene rings is 1. The third-order valence-corrected chi connectivity index (χ3v) is 5.17. The zero-order valence-corrected chi connectivity index (χ0v) is 14.2. The number of aliphatic carboxylic acids is 1. The molecular formula is C15H17N3O6S. The van der Waals surface area contributed by atoms with Gasteiger partial charge in [-0.05, 0) is 18.9 Å². The maximum atomic E-state index is 12.6. The molecule has 2 aromatic heterocycles. The second-order valence-corrected chi connectivity index (χ2v) is 6.65. The summed E-state index contributed by atoms with van der Waals surface area (Å²) in [6.07, 6.45) is 1.35. The van der Waals surface area contributed by atoms with E-state index in [1.54, 1.807) is 6.92 Å². The number of nitrogens with zero attached hydrogens (tertiary/aromatic N) is 1. The van der Waals surface area contributed by atoms with E-state index in [4.69, 9.17) is 14.6 Å². The highest BCUT2D eigenvalue weighted by Crippen LogP contribution is 2.26. The number of rotatable bonds is 5. The molecule has 25 heavy (non-hydrogen) atoms. The number of nitrogens with one attached hydrogen (secondary N) is 2. The minimum atomic E-state index is -1.07. The summed E-state index contributed by atoms with van der Waals surface area (Å²) in [5, 5.41) is 12.0. The zero-order chi connectivity index (χ0) is 18.0. The smallest absolute Gasteiger partial charge is 0.329 e. The van der Waals surface area contributed by atoms with Crippen molar-refractivity contribution >= 4 is 33.4 Å². The summed E-state index contributed by atoms with van der Waals surface area (Å²) in [5.41, 5.74) is 0.271. The fourth-order valence-electron chi connectivity index (χ4n) is 2.76. The topological polar surface area (TPSA) is 131 Å². The van der Waals surface area contributed by atoms with Gasteiger partial charge in [0.25, 0.3) is 11.5 Å². The lowest BCUT2D eigenvalue weighted by Gasteiger charge is -2.31. The van der Waals surface area contributed by atoms with Crippen molar-refractivity contribution in [1.29, 1.82) is 0 Å². The van der Waals surface area contributed by atoms with Gasteiger partial charge in [-0.3, -0.25) is 9.59 Å². The van der Waals surface area contributed by atoms with E-state index in [1.807, 2.05) is 0 Å². The van der Waals surface area contributed by atoms with Crippen molar-refractivity contribution in [3.8, 4) is 0 Å². The molecule has 2 aromatic rings. The van der Waals surface area contributed by atoms with Crippen molar-refractivity contribution in [1.82, 2.24) is 15.3 Å². The summed E-state index contributed by atoms with van der Waals surface area (Å²) >= 11 is 1.14. The summed E-state index contributed by atoms with van der Waals surface area (Å²) in [4.78, 5) is 42.7. The first kappa shape index (κ1) is 17.5. The molecule has 0 bridgehead atoms. The number of carboxylic acid groups (broad SMARTS) is 1. The predicted octanol–water partition coefficient (Wildman–Crippen LogP) is 0.282. The Balaban J connectivity index is 1.79. The molecule has 2 atom stereocenters. The van der Waals surface area contributed by atoms with Crippen molar-refractivity contribution in [3.63, 3.8) is 0 Å². The number of aryl methyl sites for hydroxylation is 1. The average molecular weight is 367 g/mol. The first-order chi connectivity index (χ1) is 12.0. The lowest BCUT2D eigenvalue weighted by molar-refractivity contribution is -0.147. The van der Waals surface area contributed by atoms with E-state index in [0.29, 0.717) is 33.7 Å². The Hall–Kier alpha value is -2.30. The number of hydrogen-bond donors (Lipinski definition) is 3. The van der Waals surface area contributed by atoms with E-state index in [9.17, 15) is 14.4 Å². The van der Waals surface area contributed by atoms with E-state index in [-0.39, 0.29) is 18.1 Å². The van der Waals surface area contributed by atoms with Crippen LogP contribution in [0.15, 0.2) is 11.1 Å². The molecule has 0 unspecified atom stereocenters. The quantitative estimate of drug-likeness (QED) is 0.692. The van der Waals surface area contributed by atoms with Gasteiger partial charge in [0.05, 0.1) is 35.3 Å². The summed E-state index contributed by atoms with van der Waals surface area (Å²) < 4.78 is 10.7. The van der Waals surface area contributed by atoms with Crippen molar-refractivity contribution in [3.05, 3.63) is 27.1 Å². The SMILES string of the molecule is Cc1c(C(=O)N[C@@H]2COCC[C@@H]2OCC(=O)O)sc2nc[nH]c(=O)c12. The van der Waals surface area contributed by atoms with Crippen molar-refractivity contribution in [2.45, 2.75) is 25.5 Å². The number of carbonyl (C=O) groups is 2. The average Bonchev–Trinajstić information content (AvgIpc) is 2.92. The van der Waals surface area contributed by atoms with Gasteiger partial charge in [0, 0.05) is 6.61 Å². The maximum absolute atomic E-state index is 12.6. The number of ether oxygens (including phenoxy) is 2. The molecule has 1 aliphatic rings. The molecule has 0 saturated carbocycles. The molecule has 1 aliphatic heterocycles. The molecule has 10 heteroatoms. The summed E-state index contributed by atoms with van der Waals surface area (Å²) in [7, 11) is 0. The van der Waals surface area contributed by atoms with Crippen molar-refractivity contribution in [2.24, 2.45) is 0 Å². The summed E-state index contributed by atoms with van der Waals surface area (Å²) in [5.74, 6) is -1.43. The van der Waals surface area contributed by atoms with Crippen LogP contribution in [0, 0.1) is 6.92 Å². The molecule has 3 N–H and O–H groups in total. The maximum Gasteiger partial charge on any atom is 0.329 e. The first-order valence-corrected chi connectivity index (χ1v) is 8.47. The van der Waals surface area contributed by atoms with Gasteiger partial charge in [-0.2, -0.15) is 0 Å². The number of carbonyl (C=O) groups excluding carboxylic acids is 1. The molecule has 0 aliphatic carbocycles. The van der Waals surface area contributed by atoms with Gasteiger partial charge in [0.15, 0.2) is 0 Å². The predicted molar refractivity (Wildman–Crippen MR) is 89.0 cm³/mol. The number of fused-ring (bicyclic) bond motifs is 1. The van der Waals surface area contributed by atoms with E-state index >= 15 is 0 Å². The Morgan fingerprint density at radius 3 is 3.08 bits per heavy atom. The number of amides is 1. The molecular weight excluding hydrogens is 350 g/mol. The fourth-order valence-corrected chi connectivity index (χ4v) is 3.81. The number of aromatic amines is 1. The Labute approximate surface area is 146 Å². The van der Waals surface area contributed by atoms with Crippen LogP contribution in [0.5, 0.6) is 0 Å². The largest absolute Gasteiger partial charge is 0.480 e. The molecule has 3 heterocycles. The van der Waals surface area contributed by atoms with E-state index in [1.165, 1.54) is 6.33 Å². The van der Waals surface area contributed by atoms with Gasteiger partial charge in [-0.25, -0.2) is 9.78 Å². The van der Waals surface area contributed by atoms with Crippen LogP contribution in [0.2, 0.25) is 0 Å². The Kier molecular flexibility index (Phi) is 5.11. The summed E-state index contributed by atoms with van der Waals surface area (Å²) in [6, 6.07) is -0.462. The van der Waals surface area contributed by atoms with Gasteiger partial charge >= 0.3 is 5.97 Å². The van der Waals surface area contributed by atoms with Crippen LogP contribution in [0.25, 0.3) is 10.2 Å². The highest BCUT2D eigenvalue weighted by atomic mass is 32.1. The molecule has 0 aromatic carbocycles. The van der Waals surface area contributed by atoms with Gasteiger partial charge in [-0.15, -0.1) is 11.3 Å². The molecule has 1 saturated heterocycles. The molecule has 134 valence electrons. The van der Waals surface area contributed by atoms with Gasteiger partial charge < -0.3 is 24.9 Å². The number of H-pyrrole nitrogens is 1. The molecule has 0 spiro atoms. The Bertz CT molecular complexity index is 861. The van der Waals surface area contributed by atoms with E-state index in [0.717, 1.165) is 11.3 Å². The highest BCUT2D eigenvalue weighted by molar-refractivity contribution is 7.20. The zero-order valence-electron chi connectivity index (χ0n) is 13.4.